The third-order valence-electron chi connectivity index (χ3n) is 3.47. The number of hydrogen-bond donors (Lipinski definition) is 2. The first-order valence-electron chi connectivity index (χ1n) is 6.57. The number of pyridine rings is 1. The molecule has 0 saturated heterocycles. The second-order valence-corrected chi connectivity index (χ2v) is 4.93. The van der Waals surface area contributed by atoms with E-state index in [1.807, 2.05) is 6.07 Å². The van der Waals surface area contributed by atoms with Crippen molar-refractivity contribution in [1.82, 2.24) is 4.98 Å². The number of non-ortho nitro benzene ring substituents is 1. The van der Waals surface area contributed by atoms with Gasteiger partial charge in [-0.05, 0) is 29.7 Å². The van der Waals surface area contributed by atoms with Gasteiger partial charge in [0.1, 0.15) is 0 Å². The maximum atomic E-state index is 10.7. The average molecular weight is 296 g/mol. The maximum Gasteiger partial charge on any atom is 0.269 e. The van der Waals surface area contributed by atoms with Crippen LogP contribution in [0.15, 0.2) is 48.7 Å². The van der Waals surface area contributed by atoms with Crippen LogP contribution in [0.4, 0.5) is 5.69 Å². The molecule has 2 N–H and O–H groups in total. The van der Waals surface area contributed by atoms with E-state index in [-0.39, 0.29) is 17.2 Å². The minimum Gasteiger partial charge on any atom is -0.504 e. The second kappa shape index (κ2) is 5.33. The Balaban J connectivity index is 2.00. The van der Waals surface area contributed by atoms with Crippen molar-refractivity contribution < 1.29 is 15.1 Å². The standard InChI is InChI=1S/C16H12N2O4/c19-15-8-13-11(5-6-17-14(13)9-16(15)20)7-10-1-3-12(4-2-10)18(21)22/h1-6,8-9,19-20H,7H2. The van der Waals surface area contributed by atoms with E-state index in [4.69, 9.17) is 0 Å². The van der Waals surface area contributed by atoms with Crippen LogP contribution < -0.4 is 0 Å². The van der Waals surface area contributed by atoms with E-state index in [9.17, 15) is 20.3 Å². The molecule has 0 aliphatic rings. The number of nitro groups is 1. The van der Waals surface area contributed by atoms with E-state index >= 15 is 0 Å². The lowest BCUT2D eigenvalue weighted by Gasteiger charge is -2.08. The number of nitro benzene ring substituents is 1. The summed E-state index contributed by atoms with van der Waals surface area (Å²) < 4.78 is 0. The third kappa shape index (κ3) is 2.54. The van der Waals surface area contributed by atoms with Gasteiger partial charge in [0.2, 0.25) is 0 Å². The molecule has 0 bridgehead atoms. The van der Waals surface area contributed by atoms with Gasteiger partial charge in [-0.1, -0.05) is 12.1 Å². The molecule has 6 heteroatoms. The average Bonchev–Trinajstić information content (AvgIpc) is 2.50. The maximum absolute atomic E-state index is 10.7. The minimum atomic E-state index is -0.438. The smallest absolute Gasteiger partial charge is 0.269 e. The molecule has 1 aromatic heterocycles. The molecule has 0 fully saturated rings. The van der Waals surface area contributed by atoms with E-state index in [0.29, 0.717) is 11.9 Å². The van der Waals surface area contributed by atoms with Crippen molar-refractivity contribution in [3.8, 4) is 11.5 Å². The van der Waals surface area contributed by atoms with Crippen molar-refractivity contribution in [3.63, 3.8) is 0 Å². The second-order valence-electron chi connectivity index (χ2n) is 4.93. The Kier molecular flexibility index (Phi) is 3.34. The Morgan fingerprint density at radius 1 is 1.05 bits per heavy atom. The molecule has 0 radical (unpaired) electrons. The van der Waals surface area contributed by atoms with E-state index in [0.717, 1.165) is 16.5 Å². The van der Waals surface area contributed by atoms with Crippen LogP contribution in [0, 0.1) is 10.1 Å². The summed E-state index contributed by atoms with van der Waals surface area (Å²) in [6.45, 7) is 0. The van der Waals surface area contributed by atoms with Crippen LogP contribution in [0.5, 0.6) is 11.5 Å². The topological polar surface area (TPSA) is 96.5 Å². The molecular weight excluding hydrogens is 284 g/mol. The molecule has 0 aliphatic carbocycles. The minimum absolute atomic E-state index is 0.0471. The van der Waals surface area contributed by atoms with Crippen LogP contribution in [-0.4, -0.2) is 20.1 Å². The summed E-state index contributed by atoms with van der Waals surface area (Å²) in [4.78, 5) is 14.4. The number of aromatic hydroxyl groups is 2. The van der Waals surface area contributed by atoms with Gasteiger partial charge in [-0.2, -0.15) is 0 Å². The van der Waals surface area contributed by atoms with E-state index in [2.05, 4.69) is 4.98 Å². The molecule has 0 saturated carbocycles. The number of fused-ring (bicyclic) bond motifs is 1. The molecule has 1 heterocycles. The Labute approximate surface area is 125 Å². The number of nitrogens with zero attached hydrogens (tertiary/aromatic N) is 2. The molecule has 0 atom stereocenters. The summed E-state index contributed by atoms with van der Waals surface area (Å²) in [6, 6.07) is 11.0. The quantitative estimate of drug-likeness (QED) is 0.439. The Morgan fingerprint density at radius 3 is 2.41 bits per heavy atom. The zero-order valence-corrected chi connectivity index (χ0v) is 11.4. The van der Waals surface area contributed by atoms with Crippen LogP contribution in [0.3, 0.4) is 0 Å². The highest BCUT2D eigenvalue weighted by Gasteiger charge is 2.09. The van der Waals surface area contributed by atoms with Crippen LogP contribution in [-0.2, 0) is 6.42 Å². The van der Waals surface area contributed by atoms with Crippen molar-refractivity contribution in [3.05, 3.63) is 69.9 Å². The zero-order chi connectivity index (χ0) is 15.7. The Bertz CT molecular complexity index is 860. The predicted molar refractivity (Wildman–Crippen MR) is 81.0 cm³/mol. The first kappa shape index (κ1) is 13.8. The molecule has 3 rings (SSSR count). The lowest BCUT2D eigenvalue weighted by Crippen LogP contribution is -1.93. The summed E-state index contributed by atoms with van der Waals surface area (Å²) in [7, 11) is 0. The van der Waals surface area contributed by atoms with Gasteiger partial charge < -0.3 is 10.2 Å². The highest BCUT2D eigenvalue weighted by Crippen LogP contribution is 2.31. The normalized spacial score (nSPS) is 10.7. The fourth-order valence-electron chi connectivity index (χ4n) is 2.34. The monoisotopic (exact) mass is 296 g/mol. The lowest BCUT2D eigenvalue weighted by molar-refractivity contribution is -0.384. The summed E-state index contributed by atoms with van der Waals surface area (Å²) >= 11 is 0. The number of rotatable bonds is 3. The van der Waals surface area contributed by atoms with Gasteiger partial charge in [0.15, 0.2) is 11.5 Å². The fraction of sp³-hybridized carbons (Fsp3) is 0.0625. The van der Waals surface area contributed by atoms with Crippen molar-refractivity contribution in [2.45, 2.75) is 6.42 Å². The SMILES string of the molecule is O=[N+]([O-])c1ccc(Cc2ccnc3cc(O)c(O)cc23)cc1. The number of hydrogen-bond acceptors (Lipinski definition) is 5. The molecule has 0 spiro atoms. The molecule has 0 amide bonds. The van der Waals surface area contributed by atoms with E-state index in [1.54, 1.807) is 18.3 Å². The molecule has 3 aromatic rings. The lowest BCUT2D eigenvalue weighted by atomic mass is 10.0. The molecule has 22 heavy (non-hydrogen) atoms. The molecule has 0 unspecified atom stereocenters. The highest BCUT2D eigenvalue weighted by atomic mass is 16.6. The summed E-state index contributed by atoms with van der Waals surface area (Å²) in [6.07, 6.45) is 2.17. The molecular formula is C16H12N2O4. The third-order valence-corrected chi connectivity index (χ3v) is 3.47. The first-order valence-corrected chi connectivity index (χ1v) is 6.57. The Hall–Kier alpha value is -3.15. The van der Waals surface area contributed by atoms with E-state index in [1.165, 1.54) is 24.3 Å². The van der Waals surface area contributed by atoms with E-state index < -0.39 is 4.92 Å². The van der Waals surface area contributed by atoms with Gasteiger partial charge in [0.05, 0.1) is 10.4 Å². The summed E-state index contributed by atoms with van der Waals surface area (Å²) in [5.74, 6) is -0.419. The van der Waals surface area contributed by atoms with Crippen molar-refractivity contribution in [2.75, 3.05) is 0 Å². The zero-order valence-electron chi connectivity index (χ0n) is 11.4. The van der Waals surface area contributed by atoms with Gasteiger partial charge in [-0.15, -0.1) is 0 Å². The van der Waals surface area contributed by atoms with Crippen LogP contribution >= 0.6 is 0 Å². The van der Waals surface area contributed by atoms with Gasteiger partial charge in [-0.25, -0.2) is 0 Å². The van der Waals surface area contributed by atoms with Crippen molar-refractivity contribution >= 4 is 16.6 Å². The molecule has 0 aliphatic heterocycles. The molecule has 2 aromatic carbocycles. The van der Waals surface area contributed by atoms with Gasteiger partial charge in [0, 0.05) is 29.8 Å². The number of aromatic nitrogens is 1. The summed E-state index contributed by atoms with van der Waals surface area (Å²) in [5, 5.41) is 30.6. The van der Waals surface area contributed by atoms with Crippen LogP contribution in [0.1, 0.15) is 11.1 Å². The molecule has 6 nitrogen and oxygen atoms in total. The first-order chi connectivity index (χ1) is 10.5. The highest BCUT2D eigenvalue weighted by molar-refractivity contribution is 5.85. The van der Waals surface area contributed by atoms with Crippen molar-refractivity contribution in [2.24, 2.45) is 0 Å². The predicted octanol–water partition coefficient (Wildman–Crippen LogP) is 3.15. The number of phenolic OH excluding ortho intramolecular Hbond substituents is 2. The van der Waals surface area contributed by atoms with Crippen LogP contribution in [0.2, 0.25) is 0 Å². The molecule has 110 valence electrons. The summed E-state index contributed by atoms with van der Waals surface area (Å²) in [5.41, 5.74) is 2.44. The number of phenols is 2. The number of benzene rings is 2. The Morgan fingerprint density at radius 2 is 1.73 bits per heavy atom. The van der Waals surface area contributed by atoms with Gasteiger partial charge in [0.25, 0.3) is 5.69 Å². The fourth-order valence-corrected chi connectivity index (χ4v) is 2.34. The van der Waals surface area contributed by atoms with Gasteiger partial charge in [-0.3, -0.25) is 15.1 Å². The largest absolute Gasteiger partial charge is 0.504 e. The van der Waals surface area contributed by atoms with Crippen LogP contribution in [0.25, 0.3) is 10.9 Å². The van der Waals surface area contributed by atoms with Crippen molar-refractivity contribution in [1.29, 1.82) is 0 Å². The van der Waals surface area contributed by atoms with Gasteiger partial charge >= 0.3 is 0 Å².